The lowest BCUT2D eigenvalue weighted by molar-refractivity contribution is -0.134. The fraction of sp³-hybridized carbons (Fsp3) is 0.435. The van der Waals surface area contributed by atoms with Gasteiger partial charge in [0, 0.05) is 12.6 Å². The molecule has 0 saturated carbocycles. The molecule has 0 N–H and O–H groups in total. The Hall–Kier alpha value is -2.33. The summed E-state index contributed by atoms with van der Waals surface area (Å²) >= 11 is 0. The Balaban J connectivity index is 1.79. The van der Waals surface area contributed by atoms with Gasteiger partial charge in [-0.1, -0.05) is 42.5 Å². The molecule has 0 unspecified atom stereocenters. The summed E-state index contributed by atoms with van der Waals surface area (Å²) < 4.78 is 5.19. The number of likely N-dealkylation sites (N-methyl/N-ethyl adjacent to an activating group) is 1. The van der Waals surface area contributed by atoms with E-state index in [2.05, 4.69) is 43.0 Å². The van der Waals surface area contributed by atoms with Gasteiger partial charge in [-0.3, -0.25) is 9.69 Å². The molecule has 0 aliphatic heterocycles. The summed E-state index contributed by atoms with van der Waals surface area (Å²) in [5.41, 5.74) is 2.46. The number of methoxy groups -OCH3 is 1. The Labute approximate surface area is 163 Å². The Morgan fingerprint density at radius 1 is 1.00 bits per heavy atom. The number of hydrogen-bond acceptors (Lipinski definition) is 3. The monoisotopic (exact) mass is 368 g/mol. The van der Waals surface area contributed by atoms with Crippen LogP contribution in [0.25, 0.3) is 0 Å². The smallest absolute Gasteiger partial charge is 0.237 e. The first kappa shape index (κ1) is 21.0. The van der Waals surface area contributed by atoms with Crippen molar-refractivity contribution in [3.8, 4) is 5.75 Å². The van der Waals surface area contributed by atoms with Crippen LogP contribution in [0.5, 0.6) is 5.75 Å². The third kappa shape index (κ3) is 7.06. The van der Waals surface area contributed by atoms with E-state index in [0.29, 0.717) is 13.1 Å². The number of hydrogen-bond donors (Lipinski definition) is 0. The maximum Gasteiger partial charge on any atom is 0.237 e. The minimum absolute atomic E-state index is 0.181. The van der Waals surface area contributed by atoms with Crippen molar-refractivity contribution in [2.45, 2.75) is 39.3 Å². The average molecular weight is 369 g/mol. The summed E-state index contributed by atoms with van der Waals surface area (Å²) in [6.45, 7) is 6.16. The molecule has 2 rings (SSSR count). The molecule has 2 aromatic carbocycles. The Morgan fingerprint density at radius 2 is 1.67 bits per heavy atom. The van der Waals surface area contributed by atoms with Crippen molar-refractivity contribution in [3.05, 3.63) is 65.7 Å². The van der Waals surface area contributed by atoms with Crippen molar-refractivity contribution < 1.29 is 9.53 Å². The Bertz CT molecular complexity index is 683. The molecule has 0 aliphatic carbocycles. The SMILES string of the molecule is COc1ccc(CCCN(C)CC(=O)N(Cc2ccccc2)C(C)C)cc1. The number of rotatable bonds is 10. The fourth-order valence-electron chi connectivity index (χ4n) is 3.08. The number of aryl methyl sites for hydroxylation is 1. The topological polar surface area (TPSA) is 32.8 Å². The zero-order valence-corrected chi connectivity index (χ0v) is 17.0. The van der Waals surface area contributed by atoms with E-state index >= 15 is 0 Å². The Morgan fingerprint density at radius 3 is 2.26 bits per heavy atom. The number of ether oxygens (including phenoxy) is 1. The molecule has 0 aliphatic rings. The number of amides is 1. The molecule has 0 atom stereocenters. The van der Waals surface area contributed by atoms with Crippen LogP contribution in [0.1, 0.15) is 31.4 Å². The minimum Gasteiger partial charge on any atom is -0.497 e. The normalized spacial score (nSPS) is 11.0. The zero-order chi connectivity index (χ0) is 19.6. The summed E-state index contributed by atoms with van der Waals surface area (Å²) in [6, 6.07) is 18.6. The van der Waals surface area contributed by atoms with E-state index in [0.717, 1.165) is 25.1 Å². The number of carbonyl (C=O) groups excluding carboxylic acids is 1. The van der Waals surface area contributed by atoms with Gasteiger partial charge in [-0.2, -0.15) is 0 Å². The molecule has 0 aromatic heterocycles. The van der Waals surface area contributed by atoms with Gasteiger partial charge in [0.2, 0.25) is 5.91 Å². The standard InChI is InChI=1S/C23H32N2O2/c1-19(2)25(17-21-9-6-5-7-10-21)23(26)18-24(3)16-8-11-20-12-14-22(27-4)15-13-20/h5-7,9-10,12-15,19H,8,11,16-18H2,1-4H3. The minimum atomic E-state index is 0.181. The fourth-order valence-corrected chi connectivity index (χ4v) is 3.08. The van der Waals surface area contributed by atoms with Gasteiger partial charge in [0.05, 0.1) is 13.7 Å². The predicted molar refractivity (Wildman–Crippen MR) is 111 cm³/mol. The molecule has 146 valence electrons. The average Bonchev–Trinajstić information content (AvgIpc) is 2.67. The van der Waals surface area contributed by atoms with Crippen molar-refractivity contribution in [1.29, 1.82) is 0 Å². The van der Waals surface area contributed by atoms with Gasteiger partial charge in [0.15, 0.2) is 0 Å². The highest BCUT2D eigenvalue weighted by Gasteiger charge is 2.18. The highest BCUT2D eigenvalue weighted by Crippen LogP contribution is 2.13. The molecule has 0 bridgehead atoms. The molecule has 2 aromatic rings. The molecular weight excluding hydrogens is 336 g/mol. The van der Waals surface area contributed by atoms with E-state index in [1.807, 2.05) is 42.3 Å². The van der Waals surface area contributed by atoms with Crippen LogP contribution in [0, 0.1) is 0 Å². The van der Waals surface area contributed by atoms with Crippen molar-refractivity contribution >= 4 is 5.91 Å². The molecule has 0 saturated heterocycles. The van der Waals surface area contributed by atoms with Gasteiger partial charge in [-0.25, -0.2) is 0 Å². The number of carbonyl (C=O) groups is 1. The lowest BCUT2D eigenvalue weighted by atomic mass is 10.1. The second-order valence-electron chi connectivity index (χ2n) is 7.29. The first-order valence-electron chi connectivity index (χ1n) is 9.64. The molecule has 0 heterocycles. The van der Waals surface area contributed by atoms with Crippen LogP contribution in [0.4, 0.5) is 0 Å². The van der Waals surface area contributed by atoms with E-state index < -0.39 is 0 Å². The number of benzene rings is 2. The van der Waals surface area contributed by atoms with Gasteiger partial charge in [-0.15, -0.1) is 0 Å². The van der Waals surface area contributed by atoms with Gasteiger partial charge in [0.25, 0.3) is 0 Å². The highest BCUT2D eigenvalue weighted by molar-refractivity contribution is 5.78. The van der Waals surface area contributed by atoms with E-state index in [-0.39, 0.29) is 11.9 Å². The first-order chi connectivity index (χ1) is 13.0. The van der Waals surface area contributed by atoms with Crippen molar-refractivity contribution in [2.75, 3.05) is 27.2 Å². The summed E-state index contributed by atoms with van der Waals surface area (Å²) in [4.78, 5) is 16.8. The molecule has 0 radical (unpaired) electrons. The van der Waals surface area contributed by atoms with Gasteiger partial charge in [-0.05, 0) is 63.5 Å². The van der Waals surface area contributed by atoms with Crippen LogP contribution in [-0.4, -0.2) is 49.0 Å². The second-order valence-corrected chi connectivity index (χ2v) is 7.29. The van der Waals surface area contributed by atoms with Gasteiger partial charge in [0.1, 0.15) is 5.75 Å². The van der Waals surface area contributed by atoms with Crippen LogP contribution in [0.15, 0.2) is 54.6 Å². The highest BCUT2D eigenvalue weighted by atomic mass is 16.5. The zero-order valence-electron chi connectivity index (χ0n) is 17.0. The molecule has 27 heavy (non-hydrogen) atoms. The van der Waals surface area contributed by atoms with Crippen LogP contribution >= 0.6 is 0 Å². The Kier molecular flexibility index (Phi) is 8.34. The quantitative estimate of drug-likeness (QED) is 0.635. The van der Waals surface area contributed by atoms with Crippen LogP contribution < -0.4 is 4.74 Å². The predicted octanol–water partition coefficient (Wildman–Crippen LogP) is 4.00. The summed E-state index contributed by atoms with van der Waals surface area (Å²) in [6.07, 6.45) is 2.02. The molecule has 4 nitrogen and oxygen atoms in total. The van der Waals surface area contributed by atoms with Crippen LogP contribution in [-0.2, 0) is 17.8 Å². The van der Waals surface area contributed by atoms with Gasteiger partial charge < -0.3 is 9.64 Å². The largest absolute Gasteiger partial charge is 0.497 e. The van der Waals surface area contributed by atoms with E-state index in [4.69, 9.17) is 4.74 Å². The third-order valence-corrected chi connectivity index (χ3v) is 4.71. The summed E-state index contributed by atoms with van der Waals surface area (Å²) in [5, 5.41) is 0. The molecule has 1 amide bonds. The summed E-state index contributed by atoms with van der Waals surface area (Å²) in [7, 11) is 3.70. The number of nitrogens with zero attached hydrogens (tertiary/aromatic N) is 2. The van der Waals surface area contributed by atoms with Crippen molar-refractivity contribution in [3.63, 3.8) is 0 Å². The second kappa shape index (κ2) is 10.7. The molecule has 0 spiro atoms. The molecule has 0 fully saturated rings. The maximum atomic E-state index is 12.8. The van der Waals surface area contributed by atoms with E-state index in [9.17, 15) is 4.79 Å². The van der Waals surface area contributed by atoms with Crippen molar-refractivity contribution in [2.24, 2.45) is 0 Å². The van der Waals surface area contributed by atoms with Gasteiger partial charge >= 0.3 is 0 Å². The molecular formula is C23H32N2O2. The van der Waals surface area contributed by atoms with E-state index in [1.54, 1.807) is 7.11 Å². The lowest BCUT2D eigenvalue weighted by Gasteiger charge is -2.29. The molecule has 4 heteroatoms. The van der Waals surface area contributed by atoms with Crippen LogP contribution in [0.2, 0.25) is 0 Å². The van der Waals surface area contributed by atoms with Crippen LogP contribution in [0.3, 0.4) is 0 Å². The van der Waals surface area contributed by atoms with Crippen molar-refractivity contribution in [1.82, 2.24) is 9.80 Å². The third-order valence-electron chi connectivity index (χ3n) is 4.71. The lowest BCUT2D eigenvalue weighted by Crippen LogP contribution is -2.42. The first-order valence-corrected chi connectivity index (χ1v) is 9.64. The van der Waals surface area contributed by atoms with E-state index in [1.165, 1.54) is 11.1 Å². The summed E-state index contributed by atoms with van der Waals surface area (Å²) in [5.74, 6) is 1.06. The maximum absolute atomic E-state index is 12.8.